The van der Waals surface area contributed by atoms with E-state index in [1.54, 1.807) is 6.92 Å². The molecule has 134 valence electrons. The molecule has 0 aliphatic heterocycles. The Labute approximate surface area is 153 Å². The Morgan fingerprint density at radius 2 is 1.81 bits per heavy atom. The maximum atomic E-state index is 13.0. The van der Waals surface area contributed by atoms with E-state index in [0.29, 0.717) is 15.7 Å². The summed E-state index contributed by atoms with van der Waals surface area (Å²) >= 11 is 1.25. The van der Waals surface area contributed by atoms with Crippen molar-refractivity contribution in [1.82, 2.24) is 15.5 Å². The number of rotatable bonds is 5. The zero-order valence-corrected chi connectivity index (χ0v) is 14.7. The van der Waals surface area contributed by atoms with Crippen molar-refractivity contribution >= 4 is 22.5 Å². The number of carbonyl (C=O) groups is 1. The van der Waals surface area contributed by atoms with Crippen molar-refractivity contribution < 1.29 is 14.3 Å². The predicted octanol–water partition coefficient (Wildman–Crippen LogP) is 3.59. The molecule has 0 aliphatic carbocycles. The predicted molar refractivity (Wildman–Crippen MR) is 98.3 cm³/mol. The Morgan fingerprint density at radius 1 is 1.12 bits per heavy atom. The Balaban J connectivity index is 1.58. The molecule has 0 aliphatic rings. The first kappa shape index (κ1) is 18.0. The highest BCUT2D eigenvalue weighted by Crippen LogP contribution is 2.26. The topological polar surface area (TPSA) is 87.1 Å². The number of benzene rings is 2. The summed E-state index contributed by atoms with van der Waals surface area (Å²) in [5, 5.41) is 24.5. The van der Waals surface area contributed by atoms with Crippen molar-refractivity contribution in [2.45, 2.75) is 19.1 Å². The fourth-order valence-corrected chi connectivity index (χ4v) is 3.08. The third-order valence-corrected chi connectivity index (χ3v) is 4.60. The van der Waals surface area contributed by atoms with Crippen LogP contribution in [0.2, 0.25) is 0 Å². The lowest BCUT2D eigenvalue weighted by Crippen LogP contribution is -2.39. The number of anilines is 1. The van der Waals surface area contributed by atoms with E-state index in [9.17, 15) is 14.3 Å². The highest BCUT2D eigenvalue weighted by atomic mass is 32.1. The van der Waals surface area contributed by atoms with Gasteiger partial charge in [-0.25, -0.2) is 9.18 Å². The molecule has 2 amide bonds. The first-order valence-electron chi connectivity index (χ1n) is 7.93. The number of halogens is 1. The van der Waals surface area contributed by atoms with Crippen LogP contribution in [0.3, 0.4) is 0 Å². The number of nitrogens with one attached hydrogen (secondary N) is 2. The van der Waals surface area contributed by atoms with E-state index in [1.807, 2.05) is 30.3 Å². The van der Waals surface area contributed by atoms with Crippen LogP contribution in [0, 0.1) is 5.82 Å². The van der Waals surface area contributed by atoms with E-state index in [1.165, 1.54) is 35.6 Å². The van der Waals surface area contributed by atoms with Crippen molar-refractivity contribution in [2.24, 2.45) is 0 Å². The van der Waals surface area contributed by atoms with Gasteiger partial charge in [0.15, 0.2) is 0 Å². The average Bonchev–Trinajstić information content (AvgIpc) is 3.10. The van der Waals surface area contributed by atoms with Crippen LogP contribution < -0.4 is 10.6 Å². The Bertz CT molecular complexity index is 870. The first-order chi connectivity index (χ1) is 12.5. The van der Waals surface area contributed by atoms with Gasteiger partial charge in [0.2, 0.25) is 5.13 Å². The maximum absolute atomic E-state index is 13.0. The third-order valence-electron chi connectivity index (χ3n) is 3.71. The van der Waals surface area contributed by atoms with Gasteiger partial charge >= 0.3 is 6.03 Å². The molecule has 3 rings (SSSR count). The molecule has 1 aromatic heterocycles. The summed E-state index contributed by atoms with van der Waals surface area (Å²) in [6, 6.07) is 13.9. The maximum Gasteiger partial charge on any atom is 0.321 e. The van der Waals surface area contributed by atoms with E-state index >= 15 is 0 Å². The van der Waals surface area contributed by atoms with Gasteiger partial charge in [0.05, 0.1) is 12.1 Å². The molecule has 0 fully saturated rings. The van der Waals surface area contributed by atoms with Crippen LogP contribution in [0.25, 0.3) is 10.6 Å². The smallest absolute Gasteiger partial charge is 0.321 e. The molecule has 1 heterocycles. The van der Waals surface area contributed by atoms with Gasteiger partial charge in [-0.1, -0.05) is 53.8 Å². The lowest BCUT2D eigenvalue weighted by atomic mass is 10.0. The van der Waals surface area contributed by atoms with Gasteiger partial charge in [-0.3, -0.25) is 5.32 Å². The summed E-state index contributed by atoms with van der Waals surface area (Å²) in [5.74, 6) is -0.384. The van der Waals surface area contributed by atoms with Gasteiger partial charge in [0.1, 0.15) is 10.8 Å². The van der Waals surface area contributed by atoms with Gasteiger partial charge < -0.3 is 10.4 Å². The van der Waals surface area contributed by atoms with Crippen LogP contribution in [0.5, 0.6) is 0 Å². The van der Waals surface area contributed by atoms with E-state index in [0.717, 1.165) is 5.56 Å². The summed E-state index contributed by atoms with van der Waals surface area (Å²) in [4.78, 5) is 12.1. The monoisotopic (exact) mass is 372 g/mol. The highest BCUT2D eigenvalue weighted by molar-refractivity contribution is 7.18. The van der Waals surface area contributed by atoms with Crippen molar-refractivity contribution in [3.05, 3.63) is 66.0 Å². The molecule has 3 aromatic rings. The van der Waals surface area contributed by atoms with Gasteiger partial charge in [-0.15, -0.1) is 10.2 Å². The van der Waals surface area contributed by atoms with Crippen LogP contribution in [-0.4, -0.2) is 27.4 Å². The van der Waals surface area contributed by atoms with E-state index in [-0.39, 0.29) is 5.82 Å². The zero-order chi connectivity index (χ0) is 18.5. The highest BCUT2D eigenvalue weighted by Gasteiger charge is 2.19. The van der Waals surface area contributed by atoms with Crippen LogP contribution in [0.4, 0.5) is 14.3 Å². The number of carbonyl (C=O) groups excluding carboxylic acids is 1. The van der Waals surface area contributed by atoms with Crippen LogP contribution >= 0.6 is 11.3 Å². The number of hydrogen-bond donors (Lipinski definition) is 3. The largest absolute Gasteiger partial charge is 0.386 e. The van der Waals surface area contributed by atoms with E-state index in [4.69, 9.17) is 0 Å². The minimum absolute atomic E-state index is 0.352. The minimum Gasteiger partial charge on any atom is -0.386 e. The Hall–Kier alpha value is -2.84. The molecule has 0 spiro atoms. The van der Waals surface area contributed by atoms with Gasteiger partial charge in [-0.05, 0) is 24.6 Å². The van der Waals surface area contributed by atoms with Crippen molar-refractivity contribution in [3.63, 3.8) is 0 Å². The number of urea groups is 1. The zero-order valence-electron chi connectivity index (χ0n) is 13.9. The first-order valence-corrected chi connectivity index (χ1v) is 8.74. The molecule has 8 heteroatoms. The second-order valence-electron chi connectivity index (χ2n) is 5.66. The number of nitrogens with zero attached hydrogens (tertiary/aromatic N) is 2. The third kappa shape index (κ3) is 4.41. The number of aliphatic hydroxyl groups excluding tert-OH is 1. The Morgan fingerprint density at radius 3 is 2.50 bits per heavy atom. The number of amides is 2. The van der Waals surface area contributed by atoms with E-state index < -0.39 is 18.2 Å². The standard InChI is InChI=1S/C18H17FN4O2S/c1-11(15(24)12-7-9-14(19)10-8-12)20-17(25)21-18-23-22-16(26-18)13-5-3-2-4-6-13/h2-11,15,24H,1H3,(H2,20,21,23,25). The SMILES string of the molecule is CC(NC(=O)Nc1nnc(-c2ccccc2)s1)C(O)c1ccc(F)cc1. The Kier molecular flexibility index (Phi) is 5.55. The quantitative estimate of drug-likeness (QED) is 0.639. The van der Waals surface area contributed by atoms with Crippen LogP contribution in [0.15, 0.2) is 54.6 Å². The van der Waals surface area contributed by atoms with Gasteiger partial charge in [0, 0.05) is 5.56 Å². The lowest BCUT2D eigenvalue weighted by Gasteiger charge is -2.20. The molecule has 6 nitrogen and oxygen atoms in total. The molecule has 3 N–H and O–H groups in total. The second kappa shape index (κ2) is 8.03. The minimum atomic E-state index is -0.962. The van der Waals surface area contributed by atoms with Crippen molar-refractivity contribution in [3.8, 4) is 10.6 Å². The summed E-state index contributed by atoms with van der Waals surface area (Å²) < 4.78 is 13.0. The number of aromatic nitrogens is 2. The summed E-state index contributed by atoms with van der Waals surface area (Å²) in [7, 11) is 0. The van der Waals surface area contributed by atoms with Crippen molar-refractivity contribution in [1.29, 1.82) is 0 Å². The molecule has 2 atom stereocenters. The fraction of sp³-hybridized carbons (Fsp3) is 0.167. The molecular weight excluding hydrogens is 355 g/mol. The molecular formula is C18H17FN4O2S. The molecule has 26 heavy (non-hydrogen) atoms. The molecule has 0 radical (unpaired) electrons. The van der Waals surface area contributed by atoms with Crippen molar-refractivity contribution in [2.75, 3.05) is 5.32 Å². The lowest BCUT2D eigenvalue weighted by molar-refractivity contribution is 0.139. The van der Waals surface area contributed by atoms with Crippen LogP contribution in [-0.2, 0) is 0 Å². The fourth-order valence-electron chi connectivity index (χ4n) is 2.34. The van der Waals surface area contributed by atoms with Gasteiger partial charge in [0.25, 0.3) is 0 Å². The molecule has 0 saturated carbocycles. The molecule has 0 saturated heterocycles. The van der Waals surface area contributed by atoms with Crippen LogP contribution in [0.1, 0.15) is 18.6 Å². The summed E-state index contributed by atoms with van der Waals surface area (Å²) in [6.07, 6.45) is -0.962. The van der Waals surface area contributed by atoms with Gasteiger partial charge in [-0.2, -0.15) is 0 Å². The second-order valence-corrected chi connectivity index (χ2v) is 6.64. The molecule has 2 unspecified atom stereocenters. The van der Waals surface area contributed by atoms with E-state index in [2.05, 4.69) is 20.8 Å². The summed E-state index contributed by atoms with van der Waals surface area (Å²) in [5.41, 5.74) is 1.43. The molecule has 2 aromatic carbocycles. The molecule has 0 bridgehead atoms. The number of aliphatic hydroxyl groups is 1. The number of hydrogen-bond acceptors (Lipinski definition) is 5. The summed E-state index contributed by atoms with van der Waals surface area (Å²) in [6.45, 7) is 1.66. The average molecular weight is 372 g/mol. The normalized spacial score (nSPS) is 13.0.